The molecule has 1 fully saturated rings. The van der Waals surface area contributed by atoms with Gasteiger partial charge in [0.05, 0.1) is 29.3 Å². The SMILES string of the molecule is NC[C@@H]1C[C@@H]1CN(Cc1nc2ccccc2[nH]1)C1CCCc2cccnc21. The molecule has 0 aliphatic heterocycles. The maximum Gasteiger partial charge on any atom is 0.121 e. The third kappa shape index (κ3) is 3.37. The van der Waals surface area contributed by atoms with Crippen molar-refractivity contribution in [1.82, 2.24) is 19.9 Å². The fourth-order valence-corrected chi connectivity index (χ4v) is 4.64. The van der Waals surface area contributed by atoms with Crippen molar-refractivity contribution in [2.45, 2.75) is 38.3 Å². The number of fused-ring (bicyclic) bond motifs is 2. The number of aromatic nitrogens is 3. The predicted molar refractivity (Wildman–Crippen MR) is 107 cm³/mol. The second-order valence-corrected chi connectivity index (χ2v) is 8.08. The monoisotopic (exact) mass is 361 g/mol. The van der Waals surface area contributed by atoms with Crippen LogP contribution in [-0.2, 0) is 13.0 Å². The molecule has 27 heavy (non-hydrogen) atoms. The number of aryl methyl sites for hydroxylation is 1. The predicted octanol–water partition coefficient (Wildman–Crippen LogP) is 3.43. The topological polar surface area (TPSA) is 70.8 Å². The summed E-state index contributed by atoms with van der Waals surface area (Å²) < 4.78 is 0. The van der Waals surface area contributed by atoms with Gasteiger partial charge in [0, 0.05) is 12.7 Å². The summed E-state index contributed by atoms with van der Waals surface area (Å²) in [6, 6.07) is 13.0. The summed E-state index contributed by atoms with van der Waals surface area (Å²) in [6.45, 7) is 2.73. The van der Waals surface area contributed by atoms with Gasteiger partial charge in [0.25, 0.3) is 0 Å². The van der Waals surface area contributed by atoms with Crippen LogP contribution in [0, 0.1) is 11.8 Å². The third-order valence-corrected chi connectivity index (χ3v) is 6.24. The molecule has 0 saturated heterocycles. The Bertz CT molecular complexity index is 900. The summed E-state index contributed by atoms with van der Waals surface area (Å²) in [5.74, 6) is 2.45. The number of hydrogen-bond donors (Lipinski definition) is 2. The van der Waals surface area contributed by atoms with Gasteiger partial charge in [0.2, 0.25) is 0 Å². The van der Waals surface area contributed by atoms with Crippen molar-refractivity contribution in [2.24, 2.45) is 17.6 Å². The highest BCUT2D eigenvalue weighted by Crippen LogP contribution is 2.41. The highest BCUT2D eigenvalue weighted by Gasteiger charge is 2.39. The first-order chi connectivity index (χ1) is 13.3. The average Bonchev–Trinajstić information content (AvgIpc) is 3.34. The molecular formula is C22H27N5. The quantitative estimate of drug-likeness (QED) is 0.706. The molecule has 5 heteroatoms. The zero-order valence-electron chi connectivity index (χ0n) is 15.6. The molecule has 0 spiro atoms. The van der Waals surface area contributed by atoms with E-state index in [2.05, 4.69) is 40.2 Å². The third-order valence-electron chi connectivity index (χ3n) is 6.24. The lowest BCUT2D eigenvalue weighted by Gasteiger charge is -2.34. The van der Waals surface area contributed by atoms with Crippen LogP contribution in [0.2, 0.25) is 0 Å². The van der Waals surface area contributed by atoms with E-state index in [0.29, 0.717) is 17.9 Å². The van der Waals surface area contributed by atoms with Crippen LogP contribution in [-0.4, -0.2) is 32.9 Å². The minimum Gasteiger partial charge on any atom is -0.341 e. The molecule has 5 nitrogen and oxygen atoms in total. The number of aromatic amines is 1. The highest BCUT2D eigenvalue weighted by atomic mass is 15.2. The molecule has 2 heterocycles. The van der Waals surface area contributed by atoms with Crippen molar-refractivity contribution in [3.05, 3.63) is 59.7 Å². The zero-order valence-corrected chi connectivity index (χ0v) is 15.6. The number of hydrogen-bond acceptors (Lipinski definition) is 4. The summed E-state index contributed by atoms with van der Waals surface area (Å²) in [4.78, 5) is 15.7. The maximum atomic E-state index is 5.91. The van der Waals surface area contributed by atoms with Crippen molar-refractivity contribution in [2.75, 3.05) is 13.1 Å². The molecule has 3 aromatic rings. The number of H-pyrrole nitrogens is 1. The summed E-state index contributed by atoms with van der Waals surface area (Å²) in [5, 5.41) is 0. The highest BCUT2D eigenvalue weighted by molar-refractivity contribution is 5.74. The lowest BCUT2D eigenvalue weighted by Crippen LogP contribution is -2.34. The Morgan fingerprint density at radius 3 is 2.93 bits per heavy atom. The molecule has 5 rings (SSSR count). The number of pyridine rings is 1. The maximum absolute atomic E-state index is 5.91. The van der Waals surface area contributed by atoms with Crippen LogP contribution in [0.1, 0.15) is 42.4 Å². The number of benzene rings is 1. The summed E-state index contributed by atoms with van der Waals surface area (Å²) in [6.07, 6.45) is 6.74. The minimum atomic E-state index is 0.377. The van der Waals surface area contributed by atoms with Crippen LogP contribution < -0.4 is 5.73 Å². The first-order valence-corrected chi connectivity index (χ1v) is 10.1. The van der Waals surface area contributed by atoms with E-state index in [-0.39, 0.29) is 0 Å². The van der Waals surface area contributed by atoms with E-state index in [9.17, 15) is 0 Å². The van der Waals surface area contributed by atoms with E-state index in [1.165, 1.54) is 30.5 Å². The number of para-hydroxylation sites is 2. The van der Waals surface area contributed by atoms with Crippen molar-refractivity contribution >= 4 is 11.0 Å². The van der Waals surface area contributed by atoms with Crippen molar-refractivity contribution < 1.29 is 0 Å². The fraction of sp³-hybridized carbons (Fsp3) is 0.455. The number of nitrogens with one attached hydrogen (secondary N) is 1. The van der Waals surface area contributed by atoms with E-state index < -0.39 is 0 Å². The van der Waals surface area contributed by atoms with Gasteiger partial charge in [-0.05, 0) is 67.8 Å². The molecule has 0 radical (unpaired) electrons. The van der Waals surface area contributed by atoms with Crippen LogP contribution in [0.3, 0.4) is 0 Å². The van der Waals surface area contributed by atoms with Gasteiger partial charge in [-0.25, -0.2) is 4.98 Å². The molecule has 1 saturated carbocycles. The van der Waals surface area contributed by atoms with Crippen LogP contribution >= 0.6 is 0 Å². The minimum absolute atomic E-state index is 0.377. The van der Waals surface area contributed by atoms with Gasteiger partial charge in [-0.2, -0.15) is 0 Å². The second-order valence-electron chi connectivity index (χ2n) is 8.08. The summed E-state index contributed by atoms with van der Waals surface area (Å²) in [5.41, 5.74) is 10.7. The van der Waals surface area contributed by atoms with Crippen LogP contribution in [0.4, 0.5) is 0 Å². The van der Waals surface area contributed by atoms with Gasteiger partial charge in [-0.1, -0.05) is 18.2 Å². The van der Waals surface area contributed by atoms with Crippen molar-refractivity contribution in [1.29, 1.82) is 0 Å². The second kappa shape index (κ2) is 7.06. The van der Waals surface area contributed by atoms with Gasteiger partial charge < -0.3 is 10.7 Å². The number of rotatable bonds is 6. The molecule has 2 aliphatic rings. The standard InChI is InChI=1S/C22H27N5/c23-12-16-11-17(16)13-27(14-21-25-18-7-1-2-8-19(18)26-21)20-9-3-5-15-6-4-10-24-22(15)20/h1-2,4,6-8,10,16-17,20H,3,5,9,11-14,23H2,(H,25,26)/t16-,17+,20?/m0/s1. The average molecular weight is 361 g/mol. The Balaban J connectivity index is 1.44. The lowest BCUT2D eigenvalue weighted by atomic mass is 9.90. The molecule has 3 atom stereocenters. The van der Waals surface area contributed by atoms with Crippen molar-refractivity contribution in [3.8, 4) is 0 Å². The van der Waals surface area contributed by atoms with Gasteiger partial charge >= 0.3 is 0 Å². The van der Waals surface area contributed by atoms with Crippen LogP contribution in [0.15, 0.2) is 42.6 Å². The van der Waals surface area contributed by atoms with E-state index in [1.807, 2.05) is 12.3 Å². The number of nitrogens with two attached hydrogens (primary N) is 1. The van der Waals surface area contributed by atoms with Crippen LogP contribution in [0.5, 0.6) is 0 Å². The van der Waals surface area contributed by atoms with Gasteiger partial charge in [0.15, 0.2) is 0 Å². The first kappa shape index (κ1) is 16.9. The van der Waals surface area contributed by atoms with E-state index in [1.54, 1.807) is 0 Å². The lowest BCUT2D eigenvalue weighted by molar-refractivity contribution is 0.152. The van der Waals surface area contributed by atoms with Gasteiger partial charge in [-0.3, -0.25) is 9.88 Å². The van der Waals surface area contributed by atoms with Gasteiger partial charge in [-0.15, -0.1) is 0 Å². The van der Waals surface area contributed by atoms with Gasteiger partial charge in [0.1, 0.15) is 5.82 Å². The Morgan fingerprint density at radius 1 is 1.15 bits per heavy atom. The zero-order chi connectivity index (χ0) is 18.2. The van der Waals surface area contributed by atoms with Crippen molar-refractivity contribution in [3.63, 3.8) is 0 Å². The largest absolute Gasteiger partial charge is 0.341 e. The molecule has 3 N–H and O–H groups in total. The fourth-order valence-electron chi connectivity index (χ4n) is 4.64. The molecular weight excluding hydrogens is 334 g/mol. The van der Waals surface area contributed by atoms with Crippen LogP contribution in [0.25, 0.3) is 11.0 Å². The first-order valence-electron chi connectivity index (χ1n) is 10.1. The molecule has 2 aliphatic carbocycles. The Labute approximate surface area is 160 Å². The Hall–Kier alpha value is -2.24. The molecule has 1 unspecified atom stereocenters. The number of nitrogens with zero attached hydrogens (tertiary/aromatic N) is 3. The Morgan fingerprint density at radius 2 is 2.07 bits per heavy atom. The van der Waals surface area contributed by atoms with E-state index in [4.69, 9.17) is 15.7 Å². The molecule has 0 bridgehead atoms. The summed E-state index contributed by atoms with van der Waals surface area (Å²) >= 11 is 0. The molecule has 1 aromatic carbocycles. The molecule has 2 aromatic heterocycles. The van der Waals surface area contributed by atoms with E-state index in [0.717, 1.165) is 42.9 Å². The normalized spacial score (nSPS) is 24.3. The number of imidazole rings is 1. The molecule has 0 amide bonds. The van der Waals surface area contributed by atoms with E-state index >= 15 is 0 Å². The molecule has 140 valence electrons. The Kier molecular flexibility index (Phi) is 4.42. The summed E-state index contributed by atoms with van der Waals surface area (Å²) in [7, 11) is 0. The smallest absolute Gasteiger partial charge is 0.121 e.